The quantitative estimate of drug-likeness (QED) is 0.274. The number of thiophene rings is 1. The highest BCUT2D eigenvalue weighted by Gasteiger charge is 2.31. The van der Waals surface area contributed by atoms with Crippen LogP contribution in [-0.4, -0.2) is 32.5 Å². The SMILES string of the molecule is O=C(CCCN1C(=O)/C(=C/c2cccs2)SC1=S)NNc1ccc([N+](=O)[O-])cc1. The molecule has 0 spiro atoms. The fourth-order valence-corrected chi connectivity index (χ4v) is 4.50. The van der Waals surface area contributed by atoms with E-state index in [9.17, 15) is 19.7 Å². The summed E-state index contributed by atoms with van der Waals surface area (Å²) < 4.78 is 0.488. The molecular formula is C18H16N4O4S3. The molecule has 0 aliphatic carbocycles. The minimum Gasteiger partial charge on any atom is -0.299 e. The van der Waals surface area contributed by atoms with E-state index in [1.165, 1.54) is 40.9 Å². The van der Waals surface area contributed by atoms with Gasteiger partial charge in [0, 0.05) is 30.0 Å². The van der Waals surface area contributed by atoms with Crippen molar-refractivity contribution in [2.75, 3.05) is 12.0 Å². The van der Waals surface area contributed by atoms with Crippen LogP contribution in [0.3, 0.4) is 0 Å². The lowest BCUT2D eigenvalue weighted by Crippen LogP contribution is -2.32. The van der Waals surface area contributed by atoms with Gasteiger partial charge in [0.15, 0.2) is 0 Å². The van der Waals surface area contributed by atoms with Gasteiger partial charge in [0.25, 0.3) is 11.6 Å². The summed E-state index contributed by atoms with van der Waals surface area (Å²) in [7, 11) is 0. The molecule has 1 saturated heterocycles. The van der Waals surface area contributed by atoms with Gasteiger partial charge in [0.2, 0.25) is 5.91 Å². The Bertz CT molecular complexity index is 958. The molecule has 2 aromatic rings. The fraction of sp³-hybridized carbons (Fsp3) is 0.167. The Labute approximate surface area is 180 Å². The molecular weight excluding hydrogens is 432 g/mol. The van der Waals surface area contributed by atoms with Gasteiger partial charge in [-0.05, 0) is 36.1 Å². The number of thiocarbonyl (C=S) groups is 1. The monoisotopic (exact) mass is 448 g/mol. The summed E-state index contributed by atoms with van der Waals surface area (Å²) in [5.41, 5.74) is 5.72. The van der Waals surface area contributed by atoms with Crippen LogP contribution in [0.15, 0.2) is 46.7 Å². The van der Waals surface area contributed by atoms with Crippen molar-refractivity contribution in [3.8, 4) is 0 Å². The van der Waals surface area contributed by atoms with Crippen LogP contribution < -0.4 is 10.9 Å². The highest BCUT2D eigenvalue weighted by atomic mass is 32.2. The van der Waals surface area contributed by atoms with E-state index < -0.39 is 4.92 Å². The number of thioether (sulfide) groups is 1. The fourth-order valence-electron chi connectivity index (χ4n) is 2.46. The molecule has 0 atom stereocenters. The molecule has 29 heavy (non-hydrogen) atoms. The molecule has 1 aliphatic heterocycles. The van der Waals surface area contributed by atoms with E-state index in [-0.39, 0.29) is 23.9 Å². The highest BCUT2D eigenvalue weighted by molar-refractivity contribution is 8.26. The van der Waals surface area contributed by atoms with Crippen molar-refractivity contribution in [1.29, 1.82) is 0 Å². The molecule has 11 heteroatoms. The lowest BCUT2D eigenvalue weighted by molar-refractivity contribution is -0.384. The first kappa shape index (κ1) is 21.0. The van der Waals surface area contributed by atoms with E-state index in [1.54, 1.807) is 11.3 Å². The third-order valence-corrected chi connectivity index (χ3v) is 6.10. The van der Waals surface area contributed by atoms with Gasteiger partial charge in [-0.15, -0.1) is 11.3 Å². The van der Waals surface area contributed by atoms with Crippen LogP contribution in [0.1, 0.15) is 17.7 Å². The van der Waals surface area contributed by atoms with Crippen molar-refractivity contribution in [2.45, 2.75) is 12.8 Å². The third kappa shape index (κ3) is 5.62. The van der Waals surface area contributed by atoms with Crippen LogP contribution in [-0.2, 0) is 9.59 Å². The average Bonchev–Trinajstić information content (AvgIpc) is 3.30. The van der Waals surface area contributed by atoms with E-state index in [0.29, 0.717) is 27.9 Å². The van der Waals surface area contributed by atoms with Crippen molar-refractivity contribution in [3.63, 3.8) is 0 Å². The van der Waals surface area contributed by atoms with Crippen LogP contribution in [0, 0.1) is 10.1 Å². The molecule has 1 aromatic carbocycles. The number of anilines is 1. The van der Waals surface area contributed by atoms with Crippen LogP contribution in [0.25, 0.3) is 6.08 Å². The summed E-state index contributed by atoms with van der Waals surface area (Å²) in [6, 6.07) is 9.53. The van der Waals surface area contributed by atoms with E-state index in [4.69, 9.17) is 12.2 Å². The van der Waals surface area contributed by atoms with Crippen LogP contribution in [0.2, 0.25) is 0 Å². The maximum Gasteiger partial charge on any atom is 0.269 e. The van der Waals surface area contributed by atoms with Gasteiger partial charge in [-0.2, -0.15) is 0 Å². The lowest BCUT2D eigenvalue weighted by atomic mass is 10.2. The van der Waals surface area contributed by atoms with Crippen molar-refractivity contribution >= 4 is 68.9 Å². The maximum atomic E-state index is 12.5. The number of nitrogens with zero attached hydrogens (tertiary/aromatic N) is 2. The van der Waals surface area contributed by atoms with Crippen LogP contribution >= 0.6 is 35.3 Å². The zero-order valence-electron chi connectivity index (χ0n) is 15.0. The van der Waals surface area contributed by atoms with E-state index >= 15 is 0 Å². The predicted molar refractivity (Wildman–Crippen MR) is 118 cm³/mol. The number of nitro benzene ring substituents is 1. The summed E-state index contributed by atoms with van der Waals surface area (Å²) in [4.78, 5) is 37.7. The molecule has 0 radical (unpaired) electrons. The first-order valence-corrected chi connectivity index (χ1v) is 10.6. The topological polar surface area (TPSA) is 105 Å². The Kier molecular flexibility index (Phi) is 6.96. The lowest BCUT2D eigenvalue weighted by Gasteiger charge is -2.14. The maximum absolute atomic E-state index is 12.5. The number of carbonyl (C=O) groups excluding carboxylic acids is 2. The Morgan fingerprint density at radius 1 is 1.28 bits per heavy atom. The molecule has 1 aliphatic rings. The number of hydrazine groups is 1. The predicted octanol–water partition coefficient (Wildman–Crippen LogP) is 3.78. The van der Waals surface area contributed by atoms with Crippen LogP contribution in [0.4, 0.5) is 11.4 Å². The molecule has 1 fully saturated rings. The molecule has 8 nitrogen and oxygen atoms in total. The Morgan fingerprint density at radius 2 is 2.03 bits per heavy atom. The number of hydrogen-bond acceptors (Lipinski definition) is 8. The highest BCUT2D eigenvalue weighted by Crippen LogP contribution is 2.33. The summed E-state index contributed by atoms with van der Waals surface area (Å²) in [5, 5.41) is 12.6. The Morgan fingerprint density at radius 3 is 2.69 bits per heavy atom. The molecule has 2 heterocycles. The van der Waals surface area contributed by atoms with Gasteiger partial charge < -0.3 is 0 Å². The van der Waals surface area contributed by atoms with Crippen molar-refractivity contribution in [2.24, 2.45) is 0 Å². The zero-order valence-corrected chi connectivity index (χ0v) is 17.4. The molecule has 0 saturated carbocycles. The second kappa shape index (κ2) is 9.63. The van der Waals surface area contributed by atoms with Gasteiger partial charge >= 0.3 is 0 Å². The number of rotatable bonds is 8. The largest absolute Gasteiger partial charge is 0.299 e. The molecule has 1 aromatic heterocycles. The van der Waals surface area contributed by atoms with E-state index in [2.05, 4.69) is 10.9 Å². The van der Waals surface area contributed by atoms with Gasteiger partial charge in [-0.1, -0.05) is 30.0 Å². The van der Waals surface area contributed by atoms with Gasteiger partial charge in [-0.3, -0.25) is 35.5 Å². The van der Waals surface area contributed by atoms with Gasteiger partial charge in [0.05, 0.1) is 15.5 Å². The summed E-state index contributed by atoms with van der Waals surface area (Å²) >= 11 is 8.09. The molecule has 0 bridgehead atoms. The number of non-ortho nitro benzene ring substituents is 1. The number of amides is 2. The minimum absolute atomic E-state index is 0.0292. The number of hydrogen-bond donors (Lipinski definition) is 2. The Balaban J connectivity index is 1.43. The number of nitrogens with one attached hydrogen (secondary N) is 2. The van der Waals surface area contributed by atoms with Crippen molar-refractivity contribution in [1.82, 2.24) is 10.3 Å². The summed E-state index contributed by atoms with van der Waals surface area (Å²) in [6.45, 7) is 0.359. The first-order chi connectivity index (χ1) is 13.9. The summed E-state index contributed by atoms with van der Waals surface area (Å²) in [5.74, 6) is -0.402. The zero-order chi connectivity index (χ0) is 20.8. The second-order valence-electron chi connectivity index (χ2n) is 5.93. The van der Waals surface area contributed by atoms with Crippen molar-refractivity contribution < 1.29 is 14.5 Å². The average molecular weight is 449 g/mol. The molecule has 2 N–H and O–H groups in total. The smallest absolute Gasteiger partial charge is 0.269 e. The third-order valence-electron chi connectivity index (χ3n) is 3.90. The van der Waals surface area contributed by atoms with Crippen molar-refractivity contribution in [3.05, 3.63) is 61.7 Å². The van der Waals surface area contributed by atoms with Gasteiger partial charge in [0.1, 0.15) is 4.32 Å². The van der Waals surface area contributed by atoms with Gasteiger partial charge in [-0.25, -0.2) is 0 Å². The first-order valence-electron chi connectivity index (χ1n) is 8.52. The number of carbonyl (C=O) groups is 2. The standard InChI is InChI=1S/C18H16N4O4S3/c23-16(20-19-12-5-7-13(8-6-12)22(25)26)4-1-9-21-17(24)15(29-18(21)27)11-14-3-2-10-28-14/h2-3,5-8,10-11,19H,1,4,9H2,(H,20,23)/b15-11-. The molecule has 0 unspecified atom stereocenters. The van der Waals surface area contributed by atoms with E-state index in [0.717, 1.165) is 4.88 Å². The molecule has 150 valence electrons. The number of nitro groups is 1. The Hall–Kier alpha value is -2.76. The summed E-state index contributed by atoms with van der Waals surface area (Å²) in [6.07, 6.45) is 2.47. The second-order valence-corrected chi connectivity index (χ2v) is 8.58. The molecule has 2 amide bonds. The van der Waals surface area contributed by atoms with Crippen LogP contribution in [0.5, 0.6) is 0 Å². The minimum atomic E-state index is -0.494. The number of benzene rings is 1. The molecule has 3 rings (SSSR count). The van der Waals surface area contributed by atoms with E-state index in [1.807, 2.05) is 23.6 Å². The normalized spacial score (nSPS) is 15.0.